The van der Waals surface area contributed by atoms with Gasteiger partial charge in [0.1, 0.15) is 0 Å². The van der Waals surface area contributed by atoms with Crippen molar-refractivity contribution < 1.29 is 4.79 Å². The van der Waals surface area contributed by atoms with Crippen molar-refractivity contribution in [2.75, 3.05) is 11.4 Å². The smallest absolute Gasteiger partial charge is 0.259 e. The first kappa shape index (κ1) is 21.2. The number of halogens is 1. The molecule has 1 aromatic carbocycles. The minimum absolute atomic E-state index is 0. The van der Waals surface area contributed by atoms with E-state index < -0.39 is 0 Å². The number of hydrogen-bond acceptors (Lipinski definition) is 3. The molecule has 4 rings (SSSR count). The number of fused-ring (bicyclic) bond motifs is 1. The van der Waals surface area contributed by atoms with Gasteiger partial charge in [0.15, 0.2) is 0 Å². The first-order chi connectivity index (χ1) is 13.5. The highest BCUT2D eigenvalue weighted by Gasteiger charge is 2.34. The molecule has 5 nitrogen and oxygen atoms in total. The Bertz CT molecular complexity index is 993. The number of carbonyl (C=O) groups is 1. The van der Waals surface area contributed by atoms with Crippen LogP contribution in [-0.4, -0.2) is 23.5 Å². The van der Waals surface area contributed by atoms with Crippen molar-refractivity contribution in [1.29, 1.82) is 5.26 Å². The van der Waals surface area contributed by atoms with Crippen molar-refractivity contribution in [3.8, 4) is 6.07 Å². The van der Waals surface area contributed by atoms with E-state index in [1.54, 1.807) is 6.07 Å². The number of nitriles is 1. The lowest BCUT2D eigenvalue weighted by atomic mass is 9.86. The zero-order valence-corrected chi connectivity index (χ0v) is 17.7. The van der Waals surface area contributed by atoms with Gasteiger partial charge in [0.2, 0.25) is 0 Å². The molecule has 0 bridgehead atoms. The maximum Gasteiger partial charge on any atom is 0.259 e. The van der Waals surface area contributed by atoms with Crippen LogP contribution in [0.3, 0.4) is 0 Å². The monoisotopic (exact) mass is 410 g/mol. The third-order valence-electron chi connectivity index (χ3n) is 5.99. The Hall–Kier alpha value is -2.55. The normalized spacial score (nSPS) is 22.3. The molecule has 1 aromatic heterocycles. The quantitative estimate of drug-likeness (QED) is 0.738. The summed E-state index contributed by atoms with van der Waals surface area (Å²) in [5.74, 6) is 0.475. The molecular formula is C23H27ClN4O. The van der Waals surface area contributed by atoms with E-state index in [0.29, 0.717) is 23.6 Å². The maximum atomic E-state index is 13.4. The Morgan fingerprint density at radius 1 is 1.24 bits per heavy atom. The number of nitrogens with zero attached hydrogens (tertiary/aromatic N) is 2. The van der Waals surface area contributed by atoms with Crippen LogP contribution < -0.4 is 10.6 Å². The van der Waals surface area contributed by atoms with Crippen LogP contribution in [0.15, 0.2) is 24.3 Å². The van der Waals surface area contributed by atoms with E-state index in [1.165, 1.54) is 0 Å². The molecule has 29 heavy (non-hydrogen) atoms. The molecule has 152 valence electrons. The van der Waals surface area contributed by atoms with E-state index in [0.717, 1.165) is 53.9 Å². The minimum atomic E-state index is 0. The molecule has 0 radical (unpaired) electrons. The summed E-state index contributed by atoms with van der Waals surface area (Å²) in [6.45, 7) is 4.74. The van der Waals surface area contributed by atoms with Gasteiger partial charge in [0.05, 0.1) is 22.9 Å². The van der Waals surface area contributed by atoms with Crippen LogP contribution in [-0.2, 0) is 4.79 Å². The molecule has 1 aliphatic carbocycles. The molecular weight excluding hydrogens is 384 g/mol. The van der Waals surface area contributed by atoms with Crippen molar-refractivity contribution in [1.82, 2.24) is 4.98 Å². The number of nitrogens with one attached hydrogen (secondary N) is 1. The van der Waals surface area contributed by atoms with Gasteiger partial charge in [-0.15, -0.1) is 12.4 Å². The van der Waals surface area contributed by atoms with Gasteiger partial charge >= 0.3 is 0 Å². The molecule has 2 heterocycles. The fourth-order valence-corrected chi connectivity index (χ4v) is 4.42. The number of carbonyl (C=O) groups excluding carboxylic acids is 1. The molecule has 0 saturated heterocycles. The lowest BCUT2D eigenvalue weighted by Crippen LogP contribution is -2.36. The van der Waals surface area contributed by atoms with E-state index in [4.69, 9.17) is 5.73 Å². The summed E-state index contributed by atoms with van der Waals surface area (Å²) in [4.78, 5) is 18.6. The van der Waals surface area contributed by atoms with E-state index >= 15 is 0 Å². The highest BCUT2D eigenvalue weighted by atomic mass is 35.5. The Morgan fingerprint density at radius 3 is 2.59 bits per heavy atom. The second kappa shape index (κ2) is 8.44. The topological polar surface area (TPSA) is 85.9 Å². The fraction of sp³-hybridized carbons (Fsp3) is 0.391. The van der Waals surface area contributed by atoms with Crippen molar-refractivity contribution in [2.24, 2.45) is 11.7 Å². The molecule has 6 heteroatoms. The van der Waals surface area contributed by atoms with Gasteiger partial charge < -0.3 is 15.6 Å². The van der Waals surface area contributed by atoms with Crippen molar-refractivity contribution in [2.45, 2.75) is 45.6 Å². The summed E-state index contributed by atoms with van der Waals surface area (Å²) in [6.07, 6.45) is 6.08. The summed E-state index contributed by atoms with van der Waals surface area (Å²) >= 11 is 0. The molecule has 1 amide bonds. The van der Waals surface area contributed by atoms with Gasteiger partial charge in [-0.25, -0.2) is 0 Å². The molecule has 0 unspecified atom stereocenters. The summed E-state index contributed by atoms with van der Waals surface area (Å²) in [7, 11) is 0. The first-order valence-corrected chi connectivity index (χ1v) is 9.96. The van der Waals surface area contributed by atoms with Gasteiger partial charge in [0, 0.05) is 29.5 Å². The molecule has 0 spiro atoms. The van der Waals surface area contributed by atoms with E-state index in [9.17, 15) is 10.1 Å². The molecule has 1 fully saturated rings. The van der Waals surface area contributed by atoms with Crippen LogP contribution in [0, 0.1) is 31.1 Å². The number of rotatable bonds is 3. The molecule has 2 aromatic rings. The Kier molecular flexibility index (Phi) is 6.16. The van der Waals surface area contributed by atoms with Gasteiger partial charge in [-0.2, -0.15) is 5.26 Å². The number of aromatic amines is 1. The van der Waals surface area contributed by atoms with Crippen LogP contribution in [0.5, 0.6) is 0 Å². The minimum Gasteiger partial charge on any atom is -0.359 e. The number of aromatic nitrogens is 1. The highest BCUT2D eigenvalue weighted by Crippen LogP contribution is 2.40. The fourth-order valence-electron chi connectivity index (χ4n) is 4.42. The zero-order valence-electron chi connectivity index (χ0n) is 16.9. The van der Waals surface area contributed by atoms with Crippen LogP contribution in [0.2, 0.25) is 0 Å². The van der Waals surface area contributed by atoms with E-state index in [2.05, 4.69) is 17.1 Å². The summed E-state index contributed by atoms with van der Waals surface area (Å²) in [6, 6.07) is 10.1. The van der Waals surface area contributed by atoms with Crippen LogP contribution in [0.25, 0.3) is 11.6 Å². The van der Waals surface area contributed by atoms with Crippen molar-refractivity contribution in [3.05, 3.63) is 52.3 Å². The van der Waals surface area contributed by atoms with Crippen molar-refractivity contribution in [3.63, 3.8) is 0 Å². The SMILES string of the molecule is Cc1cc(C)c(/C=C2\C(=O)N(CC3CCC(N)CC3)c3cc(C#N)ccc32)[nH]1.Cl. The predicted octanol–water partition coefficient (Wildman–Crippen LogP) is 4.33. The largest absolute Gasteiger partial charge is 0.359 e. The average molecular weight is 411 g/mol. The van der Waals surface area contributed by atoms with E-state index in [1.807, 2.05) is 37.0 Å². The number of nitrogens with two attached hydrogens (primary N) is 1. The van der Waals surface area contributed by atoms with Gasteiger partial charge in [0.25, 0.3) is 5.91 Å². The van der Waals surface area contributed by atoms with Gasteiger partial charge in [-0.1, -0.05) is 6.07 Å². The first-order valence-electron chi connectivity index (χ1n) is 9.96. The van der Waals surface area contributed by atoms with Gasteiger partial charge in [-0.05, 0) is 75.3 Å². The lowest BCUT2D eigenvalue weighted by molar-refractivity contribution is -0.113. The van der Waals surface area contributed by atoms with E-state index in [-0.39, 0.29) is 24.4 Å². The second-order valence-electron chi connectivity index (χ2n) is 8.15. The molecule has 0 atom stereocenters. The molecule has 2 aliphatic rings. The number of hydrogen-bond donors (Lipinski definition) is 2. The zero-order chi connectivity index (χ0) is 19.8. The Balaban J connectivity index is 0.00000240. The number of aryl methyl sites for hydroxylation is 2. The third kappa shape index (κ3) is 4.10. The lowest BCUT2D eigenvalue weighted by Gasteiger charge is -2.29. The Labute approximate surface area is 178 Å². The van der Waals surface area contributed by atoms with Crippen LogP contribution >= 0.6 is 12.4 Å². The summed E-state index contributed by atoms with van der Waals surface area (Å²) in [5, 5.41) is 9.32. The molecule has 1 saturated carbocycles. The third-order valence-corrected chi connectivity index (χ3v) is 5.99. The number of amides is 1. The number of benzene rings is 1. The molecule has 3 N–H and O–H groups in total. The summed E-state index contributed by atoms with van der Waals surface area (Å²) < 4.78 is 0. The maximum absolute atomic E-state index is 13.4. The highest BCUT2D eigenvalue weighted by molar-refractivity contribution is 6.35. The van der Waals surface area contributed by atoms with Crippen molar-refractivity contribution >= 4 is 35.7 Å². The Morgan fingerprint density at radius 2 is 1.97 bits per heavy atom. The second-order valence-corrected chi connectivity index (χ2v) is 8.15. The molecule has 1 aliphatic heterocycles. The number of anilines is 1. The number of H-pyrrole nitrogens is 1. The van der Waals surface area contributed by atoms with Gasteiger partial charge in [-0.3, -0.25) is 4.79 Å². The summed E-state index contributed by atoms with van der Waals surface area (Å²) in [5.41, 5.74) is 12.2. The van der Waals surface area contributed by atoms with Crippen LogP contribution in [0.4, 0.5) is 5.69 Å². The average Bonchev–Trinajstić information content (AvgIpc) is 3.13. The van der Waals surface area contributed by atoms with Crippen LogP contribution in [0.1, 0.15) is 53.8 Å². The standard InChI is InChI=1S/C23H26N4O.ClH/c1-14-9-15(2)26-21(14)11-20-19-8-5-17(12-24)10-22(19)27(23(20)28)13-16-3-6-18(25)7-4-16;/h5,8-11,16,18,26H,3-4,6-7,13,25H2,1-2H3;1H/b20-11-;. The predicted molar refractivity (Wildman–Crippen MR) is 119 cm³/mol.